The van der Waals surface area contributed by atoms with Gasteiger partial charge in [0, 0.05) is 0 Å². The Morgan fingerprint density at radius 2 is 2.26 bits per heavy atom. The lowest BCUT2D eigenvalue weighted by Gasteiger charge is -2.06. The van der Waals surface area contributed by atoms with E-state index in [0.717, 1.165) is 11.1 Å². The number of hydrogen-bond donors (Lipinski definition) is 4. The summed E-state index contributed by atoms with van der Waals surface area (Å²) in [5, 5.41) is 10.6. The summed E-state index contributed by atoms with van der Waals surface area (Å²) >= 11 is 0. The third kappa shape index (κ3) is 2.18. The quantitative estimate of drug-likeness (QED) is 0.395. The summed E-state index contributed by atoms with van der Waals surface area (Å²) in [6, 6.07) is 0. The van der Waals surface area contributed by atoms with E-state index in [9.17, 15) is 0 Å². The molecule has 0 aromatic carbocycles. The van der Waals surface area contributed by atoms with Gasteiger partial charge in [-0.3, -0.25) is 10.5 Å². The lowest BCUT2D eigenvalue weighted by atomic mass is 10.4. The molecule has 98 valence electrons. The molecule has 0 aliphatic heterocycles. The van der Waals surface area contributed by atoms with E-state index < -0.39 is 0 Å². The van der Waals surface area contributed by atoms with Gasteiger partial charge < -0.3 is 9.73 Å². The van der Waals surface area contributed by atoms with Crippen LogP contribution in [-0.2, 0) is 6.54 Å². The van der Waals surface area contributed by atoms with Gasteiger partial charge >= 0.3 is 0 Å². The number of fused-ring (bicyclic) bond motifs is 1. The minimum absolute atomic E-state index is 0.294. The fourth-order valence-corrected chi connectivity index (χ4v) is 1.68. The summed E-state index contributed by atoms with van der Waals surface area (Å²) in [5.74, 6) is 7.56. The van der Waals surface area contributed by atoms with Gasteiger partial charge in [-0.15, -0.1) is 0 Å². The van der Waals surface area contributed by atoms with Gasteiger partial charge in [0.15, 0.2) is 5.65 Å². The lowest BCUT2D eigenvalue weighted by Crippen LogP contribution is -2.12. The molecule has 0 bridgehead atoms. The van der Waals surface area contributed by atoms with Gasteiger partial charge in [0.25, 0.3) is 0 Å². The van der Waals surface area contributed by atoms with Crippen molar-refractivity contribution in [1.82, 2.24) is 25.1 Å². The average Bonchev–Trinajstić information content (AvgIpc) is 3.04. The van der Waals surface area contributed by atoms with Crippen molar-refractivity contribution in [2.75, 3.05) is 10.7 Å². The first-order valence-electron chi connectivity index (χ1n) is 5.59. The Morgan fingerprint density at radius 1 is 1.37 bits per heavy atom. The zero-order chi connectivity index (χ0) is 13.2. The molecule has 0 spiro atoms. The molecule has 0 amide bonds. The van der Waals surface area contributed by atoms with Crippen LogP contribution in [0.4, 0.5) is 11.8 Å². The molecule has 0 radical (unpaired) electrons. The van der Waals surface area contributed by atoms with E-state index in [1.807, 2.05) is 6.92 Å². The Labute approximate surface area is 107 Å². The van der Waals surface area contributed by atoms with E-state index >= 15 is 0 Å². The standard InChI is InChI=1S/C10H12N8O/c1-5-2-12-7(19-5)4-13-8-6-3-14-18-9(6)16-10(15-8)17-11/h2-3H,4,11H2,1H3,(H3,13,14,15,16,17,18). The summed E-state index contributed by atoms with van der Waals surface area (Å²) in [6.07, 6.45) is 3.30. The number of rotatable bonds is 4. The van der Waals surface area contributed by atoms with Gasteiger partial charge in [0.05, 0.1) is 24.3 Å². The van der Waals surface area contributed by atoms with Crippen LogP contribution in [0.1, 0.15) is 11.7 Å². The molecule has 3 heterocycles. The number of hydrazine groups is 1. The number of hydrogen-bond acceptors (Lipinski definition) is 8. The summed E-state index contributed by atoms with van der Waals surface area (Å²) in [5.41, 5.74) is 2.99. The Morgan fingerprint density at radius 3 is 3.00 bits per heavy atom. The van der Waals surface area contributed by atoms with Crippen LogP contribution < -0.4 is 16.6 Å². The van der Waals surface area contributed by atoms with Crippen molar-refractivity contribution in [2.45, 2.75) is 13.5 Å². The molecule has 0 saturated heterocycles. The van der Waals surface area contributed by atoms with E-state index in [1.54, 1.807) is 12.4 Å². The van der Waals surface area contributed by atoms with Crippen LogP contribution in [0.15, 0.2) is 16.8 Å². The van der Waals surface area contributed by atoms with Crippen molar-refractivity contribution in [3.63, 3.8) is 0 Å². The first-order valence-corrected chi connectivity index (χ1v) is 5.59. The SMILES string of the molecule is Cc1cnc(CNc2nc(NN)nc3[nH]ncc23)o1. The normalized spacial score (nSPS) is 10.8. The number of oxazole rings is 1. The summed E-state index contributed by atoms with van der Waals surface area (Å²) in [7, 11) is 0. The Balaban J connectivity index is 1.88. The highest BCUT2D eigenvalue weighted by atomic mass is 16.4. The Bertz CT molecular complexity index is 702. The second-order valence-corrected chi connectivity index (χ2v) is 3.89. The molecule has 19 heavy (non-hydrogen) atoms. The van der Waals surface area contributed by atoms with Crippen molar-refractivity contribution in [3.05, 3.63) is 24.0 Å². The highest BCUT2D eigenvalue weighted by Gasteiger charge is 2.09. The van der Waals surface area contributed by atoms with Crippen molar-refractivity contribution in [3.8, 4) is 0 Å². The zero-order valence-corrected chi connectivity index (χ0v) is 10.1. The molecule has 9 nitrogen and oxygen atoms in total. The lowest BCUT2D eigenvalue weighted by molar-refractivity contribution is 0.479. The van der Waals surface area contributed by atoms with E-state index in [2.05, 4.69) is 35.9 Å². The molecule has 0 atom stereocenters. The summed E-state index contributed by atoms with van der Waals surface area (Å²) < 4.78 is 5.37. The van der Waals surface area contributed by atoms with Crippen LogP contribution in [0.5, 0.6) is 0 Å². The Hall–Kier alpha value is -2.68. The van der Waals surface area contributed by atoms with E-state index in [4.69, 9.17) is 10.3 Å². The van der Waals surface area contributed by atoms with Crippen molar-refractivity contribution < 1.29 is 4.42 Å². The average molecular weight is 260 g/mol. The molecule has 9 heteroatoms. The third-order valence-corrected chi connectivity index (χ3v) is 2.52. The van der Waals surface area contributed by atoms with Crippen LogP contribution in [0.2, 0.25) is 0 Å². The van der Waals surface area contributed by atoms with Crippen molar-refractivity contribution in [2.24, 2.45) is 5.84 Å². The maximum absolute atomic E-state index is 5.37. The van der Waals surface area contributed by atoms with E-state index in [-0.39, 0.29) is 0 Å². The van der Waals surface area contributed by atoms with E-state index in [1.165, 1.54) is 0 Å². The van der Waals surface area contributed by atoms with E-state index in [0.29, 0.717) is 29.8 Å². The summed E-state index contributed by atoms with van der Waals surface area (Å²) in [6.45, 7) is 2.25. The highest BCUT2D eigenvalue weighted by molar-refractivity contribution is 5.86. The topological polar surface area (TPSA) is 131 Å². The van der Waals surface area contributed by atoms with Gasteiger partial charge in [-0.2, -0.15) is 15.1 Å². The number of nitrogens with one attached hydrogen (secondary N) is 3. The number of aromatic nitrogens is 5. The second-order valence-electron chi connectivity index (χ2n) is 3.89. The molecular formula is C10H12N8O. The second kappa shape index (κ2) is 4.53. The number of aromatic amines is 1. The number of nitrogens with two attached hydrogens (primary N) is 1. The summed E-state index contributed by atoms with van der Waals surface area (Å²) in [4.78, 5) is 12.5. The molecule has 0 aliphatic carbocycles. The van der Waals surface area contributed by atoms with Crippen molar-refractivity contribution in [1.29, 1.82) is 0 Å². The molecule has 0 unspecified atom stereocenters. The molecule has 3 aromatic heterocycles. The maximum atomic E-state index is 5.37. The minimum atomic E-state index is 0.294. The van der Waals surface area contributed by atoms with Gasteiger partial charge in [0.2, 0.25) is 11.8 Å². The fourth-order valence-electron chi connectivity index (χ4n) is 1.68. The van der Waals surface area contributed by atoms with Crippen LogP contribution in [0.3, 0.4) is 0 Å². The van der Waals surface area contributed by atoms with Crippen molar-refractivity contribution >= 4 is 22.8 Å². The van der Waals surface area contributed by atoms with Gasteiger partial charge in [-0.1, -0.05) is 0 Å². The number of nitrogens with zero attached hydrogens (tertiary/aromatic N) is 4. The smallest absolute Gasteiger partial charge is 0.241 e. The molecule has 3 aromatic rings. The predicted octanol–water partition coefficient (Wildman–Crippen LogP) is 0.547. The highest BCUT2D eigenvalue weighted by Crippen LogP contribution is 2.20. The van der Waals surface area contributed by atoms with Crippen LogP contribution >= 0.6 is 0 Å². The van der Waals surface area contributed by atoms with Gasteiger partial charge in [-0.05, 0) is 6.92 Å². The number of nitrogen functional groups attached to an aromatic ring is 1. The van der Waals surface area contributed by atoms with Crippen LogP contribution in [0.25, 0.3) is 11.0 Å². The largest absolute Gasteiger partial charge is 0.444 e. The monoisotopic (exact) mass is 260 g/mol. The number of H-pyrrole nitrogens is 1. The first-order chi connectivity index (χ1) is 9.26. The molecule has 0 saturated carbocycles. The minimum Gasteiger partial charge on any atom is -0.444 e. The van der Waals surface area contributed by atoms with Gasteiger partial charge in [0.1, 0.15) is 11.6 Å². The van der Waals surface area contributed by atoms with Crippen LogP contribution in [-0.4, -0.2) is 25.1 Å². The molecule has 3 rings (SSSR count). The molecular weight excluding hydrogens is 248 g/mol. The fraction of sp³-hybridized carbons (Fsp3) is 0.200. The van der Waals surface area contributed by atoms with Gasteiger partial charge in [-0.25, -0.2) is 10.8 Å². The number of aryl methyl sites for hydroxylation is 1. The molecule has 0 fully saturated rings. The third-order valence-electron chi connectivity index (χ3n) is 2.52. The zero-order valence-electron chi connectivity index (χ0n) is 10.1. The number of anilines is 2. The Kier molecular flexibility index (Phi) is 2.72. The first kappa shape index (κ1) is 11.4. The molecule has 5 N–H and O–H groups in total. The molecule has 0 aliphatic rings. The predicted molar refractivity (Wildman–Crippen MR) is 68.1 cm³/mol. The van der Waals surface area contributed by atoms with Crippen LogP contribution in [0, 0.1) is 6.92 Å². The maximum Gasteiger partial charge on any atom is 0.241 e.